The molecule has 27 heavy (non-hydrogen) atoms. The number of rotatable bonds is 7. The first-order valence-corrected chi connectivity index (χ1v) is 9.76. The third-order valence-electron chi connectivity index (χ3n) is 4.03. The van der Waals surface area contributed by atoms with Gasteiger partial charge in [0.2, 0.25) is 0 Å². The molecule has 0 unspecified atom stereocenters. The average molecular weight is 392 g/mol. The lowest BCUT2D eigenvalue weighted by atomic mass is 10.3. The van der Waals surface area contributed by atoms with Crippen LogP contribution in [0.1, 0.15) is 13.3 Å². The first-order chi connectivity index (χ1) is 12.9. The summed E-state index contributed by atoms with van der Waals surface area (Å²) in [6.45, 7) is 2.49. The number of aryl methyl sites for hydroxylation is 1. The number of aromatic nitrogens is 1. The summed E-state index contributed by atoms with van der Waals surface area (Å²) in [5.41, 5.74) is 1.23. The zero-order chi connectivity index (χ0) is 19.6. The van der Waals surface area contributed by atoms with Gasteiger partial charge in [0.15, 0.2) is 17.1 Å². The molecule has 9 heteroatoms. The average Bonchev–Trinajstić information content (AvgIpc) is 2.95. The number of hydrogen-bond donors (Lipinski definition) is 1. The van der Waals surface area contributed by atoms with Crippen LogP contribution in [-0.2, 0) is 16.6 Å². The van der Waals surface area contributed by atoms with Crippen LogP contribution in [0.2, 0.25) is 0 Å². The maximum absolute atomic E-state index is 12.7. The fourth-order valence-electron chi connectivity index (χ4n) is 2.76. The van der Waals surface area contributed by atoms with Crippen LogP contribution in [0.5, 0.6) is 11.5 Å². The van der Waals surface area contributed by atoms with E-state index in [0.29, 0.717) is 29.1 Å². The molecule has 1 N–H and O–H groups in total. The first-order valence-electron chi connectivity index (χ1n) is 8.28. The van der Waals surface area contributed by atoms with Crippen LogP contribution >= 0.6 is 0 Å². The van der Waals surface area contributed by atoms with Gasteiger partial charge in [-0.2, -0.15) is 0 Å². The second-order valence-electron chi connectivity index (χ2n) is 5.82. The van der Waals surface area contributed by atoms with Gasteiger partial charge < -0.3 is 13.9 Å². The second-order valence-corrected chi connectivity index (χ2v) is 7.51. The Bertz CT molecular complexity index is 1130. The number of fused-ring (bicyclic) bond motifs is 1. The molecule has 0 spiro atoms. The van der Waals surface area contributed by atoms with Gasteiger partial charge in [-0.3, -0.25) is 9.29 Å². The molecule has 3 rings (SSSR count). The molecule has 8 nitrogen and oxygen atoms in total. The van der Waals surface area contributed by atoms with Gasteiger partial charge in [0, 0.05) is 18.7 Å². The Kier molecular flexibility index (Phi) is 5.13. The van der Waals surface area contributed by atoms with Gasteiger partial charge in [-0.05, 0) is 30.7 Å². The van der Waals surface area contributed by atoms with E-state index in [1.54, 1.807) is 12.1 Å². The topological polar surface area (TPSA) is 99.8 Å². The fourth-order valence-corrected chi connectivity index (χ4v) is 3.83. The molecule has 3 aromatic rings. The minimum atomic E-state index is -3.87. The number of sulfonamides is 1. The molecule has 0 amide bonds. The number of benzene rings is 2. The van der Waals surface area contributed by atoms with Crippen molar-refractivity contribution >= 4 is 26.8 Å². The molecular formula is C18H20N2O6S. The van der Waals surface area contributed by atoms with Crippen LogP contribution in [0.3, 0.4) is 0 Å². The van der Waals surface area contributed by atoms with Gasteiger partial charge in [0.1, 0.15) is 0 Å². The Hall–Kier alpha value is -2.94. The van der Waals surface area contributed by atoms with E-state index in [-0.39, 0.29) is 10.6 Å². The normalized spacial score (nSPS) is 11.5. The van der Waals surface area contributed by atoms with Gasteiger partial charge in [-0.25, -0.2) is 13.2 Å². The Balaban J connectivity index is 1.95. The monoisotopic (exact) mass is 392 g/mol. The van der Waals surface area contributed by atoms with Crippen molar-refractivity contribution in [2.24, 2.45) is 0 Å². The van der Waals surface area contributed by atoms with E-state index < -0.39 is 15.8 Å². The van der Waals surface area contributed by atoms with Crippen molar-refractivity contribution in [2.45, 2.75) is 24.8 Å². The number of methoxy groups -OCH3 is 2. The molecular weight excluding hydrogens is 372 g/mol. The summed E-state index contributed by atoms with van der Waals surface area (Å²) < 4.78 is 44.8. The van der Waals surface area contributed by atoms with Gasteiger partial charge in [0.25, 0.3) is 10.0 Å². The van der Waals surface area contributed by atoms with Gasteiger partial charge in [0.05, 0.1) is 30.3 Å². The molecule has 0 fully saturated rings. The van der Waals surface area contributed by atoms with Crippen LogP contribution in [-0.4, -0.2) is 27.2 Å². The van der Waals surface area contributed by atoms with Crippen LogP contribution in [0, 0.1) is 0 Å². The van der Waals surface area contributed by atoms with Crippen molar-refractivity contribution in [1.82, 2.24) is 4.57 Å². The van der Waals surface area contributed by atoms with Crippen LogP contribution in [0.25, 0.3) is 11.1 Å². The van der Waals surface area contributed by atoms with Crippen molar-refractivity contribution in [3.8, 4) is 11.5 Å². The molecule has 144 valence electrons. The highest BCUT2D eigenvalue weighted by molar-refractivity contribution is 7.92. The summed E-state index contributed by atoms with van der Waals surface area (Å²) in [6.07, 6.45) is 0.780. The maximum Gasteiger partial charge on any atom is 0.419 e. The smallest absolute Gasteiger partial charge is 0.419 e. The quantitative estimate of drug-likeness (QED) is 0.664. The van der Waals surface area contributed by atoms with Gasteiger partial charge in [-0.1, -0.05) is 6.92 Å². The van der Waals surface area contributed by atoms with Crippen LogP contribution in [0.15, 0.2) is 50.5 Å². The van der Waals surface area contributed by atoms with Crippen molar-refractivity contribution in [3.05, 3.63) is 46.9 Å². The molecule has 0 aliphatic carbocycles. The summed E-state index contributed by atoms with van der Waals surface area (Å²) in [4.78, 5) is 11.9. The third-order valence-corrected chi connectivity index (χ3v) is 5.41. The minimum Gasteiger partial charge on any atom is -0.493 e. The van der Waals surface area contributed by atoms with E-state index in [1.165, 1.54) is 43.1 Å². The van der Waals surface area contributed by atoms with E-state index >= 15 is 0 Å². The van der Waals surface area contributed by atoms with Crippen molar-refractivity contribution in [2.75, 3.05) is 18.9 Å². The minimum absolute atomic E-state index is 0.0188. The Morgan fingerprint density at radius 3 is 2.48 bits per heavy atom. The zero-order valence-corrected chi connectivity index (χ0v) is 16.0. The fraction of sp³-hybridized carbons (Fsp3) is 0.278. The standard InChI is InChI=1S/C18H20N2O6S/c1-4-9-20-14-7-5-12(10-16(14)26-18(20)21)19-27(22,23)13-6-8-15(24-2)17(11-13)25-3/h5-8,10-11,19H,4,9H2,1-3H3. The predicted molar refractivity (Wildman–Crippen MR) is 101 cm³/mol. The van der Waals surface area contributed by atoms with Crippen LogP contribution in [0.4, 0.5) is 5.69 Å². The highest BCUT2D eigenvalue weighted by Crippen LogP contribution is 2.30. The predicted octanol–water partition coefficient (Wildman–Crippen LogP) is 2.82. The number of hydrogen-bond acceptors (Lipinski definition) is 6. The molecule has 0 aliphatic rings. The van der Waals surface area contributed by atoms with Crippen LogP contribution < -0.4 is 20.0 Å². The molecule has 0 saturated heterocycles. The molecule has 1 heterocycles. The first kappa shape index (κ1) is 18.8. The summed E-state index contributed by atoms with van der Waals surface area (Å²) in [5.74, 6) is 0.266. The number of nitrogens with one attached hydrogen (secondary N) is 1. The SMILES string of the molecule is CCCn1c(=O)oc2cc(NS(=O)(=O)c3ccc(OC)c(OC)c3)ccc21. The summed E-state index contributed by atoms with van der Waals surface area (Å²) in [5, 5.41) is 0. The third kappa shape index (κ3) is 3.63. The van der Waals surface area contributed by atoms with E-state index in [4.69, 9.17) is 13.9 Å². The van der Waals surface area contributed by atoms with Gasteiger partial charge >= 0.3 is 5.76 Å². The lowest BCUT2D eigenvalue weighted by Gasteiger charge is -2.11. The molecule has 0 aliphatic heterocycles. The lowest BCUT2D eigenvalue weighted by Crippen LogP contribution is -2.14. The molecule has 0 radical (unpaired) electrons. The van der Waals surface area contributed by atoms with E-state index in [0.717, 1.165) is 6.42 Å². The number of anilines is 1. The molecule has 1 aromatic heterocycles. The number of oxazole rings is 1. The van der Waals surface area contributed by atoms with Crippen molar-refractivity contribution < 1.29 is 22.3 Å². The van der Waals surface area contributed by atoms with Crippen molar-refractivity contribution in [3.63, 3.8) is 0 Å². The highest BCUT2D eigenvalue weighted by atomic mass is 32.2. The largest absolute Gasteiger partial charge is 0.493 e. The summed E-state index contributed by atoms with van der Waals surface area (Å²) >= 11 is 0. The Morgan fingerprint density at radius 2 is 1.81 bits per heavy atom. The zero-order valence-electron chi connectivity index (χ0n) is 15.2. The van der Waals surface area contributed by atoms with E-state index in [1.807, 2.05) is 6.92 Å². The number of ether oxygens (including phenoxy) is 2. The maximum atomic E-state index is 12.7. The molecule has 0 saturated carbocycles. The second kappa shape index (κ2) is 7.36. The molecule has 2 aromatic carbocycles. The Labute approximate surface area is 156 Å². The van der Waals surface area contributed by atoms with Gasteiger partial charge in [-0.15, -0.1) is 0 Å². The Morgan fingerprint density at radius 1 is 1.07 bits per heavy atom. The van der Waals surface area contributed by atoms with E-state index in [9.17, 15) is 13.2 Å². The molecule has 0 bridgehead atoms. The lowest BCUT2D eigenvalue weighted by molar-refractivity contribution is 0.354. The van der Waals surface area contributed by atoms with Crippen molar-refractivity contribution in [1.29, 1.82) is 0 Å². The molecule has 0 atom stereocenters. The summed E-state index contributed by atoms with van der Waals surface area (Å²) in [7, 11) is -0.966. The highest BCUT2D eigenvalue weighted by Gasteiger charge is 2.18. The summed E-state index contributed by atoms with van der Waals surface area (Å²) in [6, 6.07) is 9.03. The van der Waals surface area contributed by atoms with E-state index in [2.05, 4.69) is 4.72 Å². The number of nitrogens with zero attached hydrogens (tertiary/aromatic N) is 1.